The highest BCUT2D eigenvalue weighted by molar-refractivity contribution is 6.01. The minimum atomic E-state index is -0.457. The number of nitro benzene ring substituents is 1. The van der Waals surface area contributed by atoms with E-state index in [1.165, 1.54) is 44.6 Å². The molecule has 1 aliphatic heterocycles. The van der Waals surface area contributed by atoms with Gasteiger partial charge in [0, 0.05) is 51.0 Å². The van der Waals surface area contributed by atoms with Crippen molar-refractivity contribution in [1.82, 2.24) is 10.2 Å². The minimum Gasteiger partial charge on any atom is -0.387 e. The smallest absolute Gasteiger partial charge is 0.293 e. The molecule has 8 nitrogen and oxygen atoms in total. The predicted molar refractivity (Wildman–Crippen MR) is 118 cm³/mol. The predicted octanol–water partition coefficient (Wildman–Crippen LogP) is 3.45. The second-order valence-electron chi connectivity index (χ2n) is 9.00. The number of nitro groups is 1. The van der Waals surface area contributed by atoms with Crippen LogP contribution in [0.25, 0.3) is 0 Å². The number of anilines is 2. The molecular weight excluding hydrogens is 382 g/mol. The Morgan fingerprint density at radius 3 is 2.23 bits per heavy atom. The summed E-state index contributed by atoms with van der Waals surface area (Å²) in [4.78, 5) is 26.6. The van der Waals surface area contributed by atoms with Gasteiger partial charge in [0.05, 0.1) is 10.5 Å². The molecule has 1 aromatic carbocycles. The second-order valence-corrected chi connectivity index (χ2v) is 9.00. The van der Waals surface area contributed by atoms with Crippen molar-refractivity contribution in [3.8, 4) is 0 Å². The molecule has 2 saturated carbocycles. The van der Waals surface area contributed by atoms with E-state index in [0.717, 1.165) is 31.3 Å². The number of hydrogen-bond acceptors (Lipinski definition) is 6. The quantitative estimate of drug-likeness (QED) is 0.486. The Balaban J connectivity index is 1.46. The fraction of sp³-hybridized carbons (Fsp3) is 0.682. The number of likely N-dealkylation sites (tertiary alicyclic amines) is 1. The molecule has 1 amide bonds. The lowest BCUT2D eigenvalue weighted by Crippen LogP contribution is -2.50. The molecule has 3 aliphatic rings. The zero-order chi connectivity index (χ0) is 21.3. The van der Waals surface area contributed by atoms with E-state index in [9.17, 15) is 14.9 Å². The molecule has 1 saturated heterocycles. The lowest BCUT2D eigenvalue weighted by Gasteiger charge is -2.47. The zero-order valence-corrected chi connectivity index (χ0v) is 17.9. The highest BCUT2D eigenvalue weighted by Gasteiger charge is 2.42. The van der Waals surface area contributed by atoms with Crippen LogP contribution >= 0.6 is 0 Å². The largest absolute Gasteiger partial charge is 0.387 e. The van der Waals surface area contributed by atoms with E-state index in [-0.39, 0.29) is 17.6 Å². The summed E-state index contributed by atoms with van der Waals surface area (Å²) in [7, 11) is 3.35. The van der Waals surface area contributed by atoms with Gasteiger partial charge in [-0.3, -0.25) is 19.8 Å². The summed E-state index contributed by atoms with van der Waals surface area (Å²) >= 11 is 0. The summed E-state index contributed by atoms with van der Waals surface area (Å²) in [5, 5.41) is 20.4. The topological polar surface area (TPSA) is 99.5 Å². The van der Waals surface area contributed by atoms with Crippen LogP contribution in [0.3, 0.4) is 0 Å². The van der Waals surface area contributed by atoms with Gasteiger partial charge < -0.3 is 16.0 Å². The maximum absolute atomic E-state index is 13.0. The van der Waals surface area contributed by atoms with E-state index in [1.807, 2.05) is 0 Å². The van der Waals surface area contributed by atoms with Crippen molar-refractivity contribution in [2.24, 2.45) is 11.8 Å². The van der Waals surface area contributed by atoms with Crippen LogP contribution in [0.2, 0.25) is 0 Å². The SMILES string of the molecule is CNc1cc(NC)c([N+](=O)[O-])cc1C(=O)NC1CCN(C2C3CCCC2CCC3)C1. The van der Waals surface area contributed by atoms with Crippen molar-refractivity contribution in [3.05, 3.63) is 27.8 Å². The summed E-state index contributed by atoms with van der Waals surface area (Å²) in [5.41, 5.74) is 1.19. The van der Waals surface area contributed by atoms with Gasteiger partial charge in [-0.15, -0.1) is 0 Å². The summed E-state index contributed by atoms with van der Waals surface area (Å²) in [6, 6.07) is 3.76. The van der Waals surface area contributed by atoms with Crippen LogP contribution < -0.4 is 16.0 Å². The van der Waals surface area contributed by atoms with Crippen molar-refractivity contribution < 1.29 is 9.72 Å². The van der Waals surface area contributed by atoms with Crippen LogP contribution in [-0.4, -0.2) is 55.0 Å². The van der Waals surface area contributed by atoms with Gasteiger partial charge in [-0.1, -0.05) is 12.8 Å². The Hall–Kier alpha value is -2.35. The van der Waals surface area contributed by atoms with Crippen molar-refractivity contribution in [2.45, 2.75) is 57.0 Å². The molecule has 1 unspecified atom stereocenters. The molecule has 3 fully saturated rings. The van der Waals surface area contributed by atoms with Gasteiger partial charge in [0.1, 0.15) is 5.69 Å². The van der Waals surface area contributed by atoms with E-state index in [4.69, 9.17) is 0 Å². The van der Waals surface area contributed by atoms with Crippen molar-refractivity contribution in [2.75, 3.05) is 37.8 Å². The lowest BCUT2D eigenvalue weighted by atomic mass is 9.68. The number of nitrogens with zero attached hydrogens (tertiary/aromatic N) is 2. The average Bonchev–Trinajstić information content (AvgIpc) is 3.20. The summed E-state index contributed by atoms with van der Waals surface area (Å²) < 4.78 is 0. The highest BCUT2D eigenvalue weighted by Crippen LogP contribution is 2.43. The first-order valence-electron chi connectivity index (χ1n) is 11.2. The monoisotopic (exact) mass is 415 g/mol. The van der Waals surface area contributed by atoms with E-state index < -0.39 is 4.92 Å². The molecule has 4 rings (SSSR count). The molecule has 8 heteroatoms. The van der Waals surface area contributed by atoms with Gasteiger partial charge in [0.2, 0.25) is 0 Å². The Kier molecular flexibility index (Phi) is 6.13. The second kappa shape index (κ2) is 8.79. The first-order chi connectivity index (χ1) is 14.5. The average molecular weight is 416 g/mol. The number of carbonyl (C=O) groups excluding carboxylic acids is 1. The van der Waals surface area contributed by atoms with E-state index in [1.54, 1.807) is 20.2 Å². The van der Waals surface area contributed by atoms with Crippen LogP contribution in [-0.2, 0) is 0 Å². The van der Waals surface area contributed by atoms with E-state index >= 15 is 0 Å². The van der Waals surface area contributed by atoms with Gasteiger partial charge in [-0.05, 0) is 50.0 Å². The van der Waals surface area contributed by atoms with Gasteiger partial charge in [0.25, 0.3) is 11.6 Å². The molecule has 0 radical (unpaired) electrons. The van der Waals surface area contributed by atoms with Crippen LogP contribution in [0.1, 0.15) is 55.3 Å². The van der Waals surface area contributed by atoms with Crippen molar-refractivity contribution >= 4 is 23.0 Å². The highest BCUT2D eigenvalue weighted by atomic mass is 16.6. The number of rotatable bonds is 6. The first-order valence-corrected chi connectivity index (χ1v) is 11.2. The third-order valence-electron chi connectivity index (χ3n) is 7.36. The Morgan fingerprint density at radius 2 is 1.67 bits per heavy atom. The Morgan fingerprint density at radius 1 is 1.03 bits per heavy atom. The molecule has 2 bridgehead atoms. The van der Waals surface area contributed by atoms with Crippen molar-refractivity contribution in [3.63, 3.8) is 0 Å². The lowest BCUT2D eigenvalue weighted by molar-refractivity contribution is -0.383. The third kappa shape index (κ3) is 3.97. The van der Waals surface area contributed by atoms with E-state index in [2.05, 4.69) is 20.9 Å². The van der Waals surface area contributed by atoms with Crippen LogP contribution in [0.4, 0.5) is 17.1 Å². The van der Waals surface area contributed by atoms with Gasteiger partial charge in [-0.2, -0.15) is 0 Å². The number of benzene rings is 1. The summed E-state index contributed by atoms with van der Waals surface area (Å²) in [6.07, 6.45) is 9.07. The number of nitrogens with one attached hydrogen (secondary N) is 3. The molecular formula is C22H33N5O3. The molecule has 1 aromatic rings. The molecule has 1 atom stereocenters. The standard InChI is InChI=1S/C22H33N5O3/c1-23-18-12-19(24-2)20(27(29)30)11-17(18)22(28)25-16-9-10-26(13-16)21-14-5-3-6-15(21)8-4-7-14/h11-12,14-16,21,23-24H,3-10,13H2,1-2H3,(H,25,28). The maximum Gasteiger partial charge on any atom is 0.293 e. The normalized spacial score (nSPS) is 28.7. The number of fused-ring (bicyclic) bond motifs is 2. The van der Waals surface area contributed by atoms with E-state index in [0.29, 0.717) is 23.0 Å². The van der Waals surface area contributed by atoms with Crippen molar-refractivity contribution in [1.29, 1.82) is 0 Å². The summed E-state index contributed by atoms with van der Waals surface area (Å²) in [5.74, 6) is 1.39. The Bertz CT molecular complexity index is 792. The van der Waals surface area contributed by atoms with Crippen LogP contribution in [0.15, 0.2) is 12.1 Å². The Labute approximate surface area is 177 Å². The van der Waals surface area contributed by atoms with Gasteiger partial charge in [0.15, 0.2) is 0 Å². The minimum absolute atomic E-state index is 0.0906. The van der Waals surface area contributed by atoms with Crippen LogP contribution in [0.5, 0.6) is 0 Å². The van der Waals surface area contributed by atoms with Gasteiger partial charge >= 0.3 is 0 Å². The molecule has 1 heterocycles. The van der Waals surface area contributed by atoms with Crippen LogP contribution in [0, 0.1) is 22.0 Å². The molecule has 3 N–H and O–H groups in total. The fourth-order valence-electron chi connectivity index (χ4n) is 6.01. The third-order valence-corrected chi connectivity index (χ3v) is 7.36. The molecule has 0 aromatic heterocycles. The maximum atomic E-state index is 13.0. The molecule has 30 heavy (non-hydrogen) atoms. The molecule has 0 spiro atoms. The summed E-state index contributed by atoms with van der Waals surface area (Å²) in [6.45, 7) is 1.91. The zero-order valence-electron chi connectivity index (χ0n) is 17.9. The molecule has 2 aliphatic carbocycles. The van der Waals surface area contributed by atoms with Gasteiger partial charge in [-0.25, -0.2) is 0 Å². The fourth-order valence-corrected chi connectivity index (χ4v) is 6.01. The molecule has 164 valence electrons. The first kappa shape index (κ1) is 20.9. The number of hydrogen-bond donors (Lipinski definition) is 3. The number of amides is 1. The number of carbonyl (C=O) groups is 1.